The van der Waals surface area contributed by atoms with E-state index in [-0.39, 0.29) is 17.6 Å². The maximum Gasteiger partial charge on any atom is 0.410 e. The Labute approximate surface area is 170 Å². The number of amides is 1. The van der Waals surface area contributed by atoms with Crippen LogP contribution in [0.4, 0.5) is 27.8 Å². The fourth-order valence-electron chi connectivity index (χ4n) is 2.94. The van der Waals surface area contributed by atoms with Crippen LogP contribution in [0.25, 0.3) is 0 Å². The number of nitriles is 1. The second-order valence-electron chi connectivity index (χ2n) is 7.73. The quantitative estimate of drug-likeness (QED) is 0.814. The normalized spacial score (nSPS) is 14.3. The Balaban J connectivity index is 1.60. The van der Waals surface area contributed by atoms with Gasteiger partial charge in [-0.25, -0.2) is 14.8 Å². The first kappa shape index (κ1) is 20.2. The first-order valence-corrected chi connectivity index (χ1v) is 9.38. The van der Waals surface area contributed by atoms with Gasteiger partial charge >= 0.3 is 6.09 Å². The Morgan fingerprint density at radius 1 is 1.21 bits per heavy atom. The van der Waals surface area contributed by atoms with E-state index in [1.165, 1.54) is 6.20 Å². The van der Waals surface area contributed by atoms with Crippen LogP contribution in [0, 0.1) is 11.3 Å². The summed E-state index contributed by atoms with van der Waals surface area (Å²) < 4.78 is 5.44. The number of nitrogens with zero attached hydrogens (tertiary/aromatic N) is 5. The zero-order chi connectivity index (χ0) is 21.0. The fourth-order valence-corrected chi connectivity index (χ4v) is 2.94. The number of rotatable bonds is 3. The Morgan fingerprint density at radius 2 is 1.86 bits per heavy atom. The van der Waals surface area contributed by atoms with Crippen LogP contribution in [0.5, 0.6) is 0 Å². The molecule has 2 heterocycles. The fraction of sp³-hybridized carbons (Fsp3) is 0.400. The molecule has 0 unspecified atom stereocenters. The molecular formula is C20H25N7O2. The minimum Gasteiger partial charge on any atom is -0.444 e. The van der Waals surface area contributed by atoms with E-state index in [4.69, 9.17) is 15.7 Å². The van der Waals surface area contributed by atoms with Crippen LogP contribution in [-0.2, 0) is 4.74 Å². The van der Waals surface area contributed by atoms with E-state index in [1.54, 1.807) is 4.90 Å². The van der Waals surface area contributed by atoms with Crippen molar-refractivity contribution in [3.8, 4) is 6.07 Å². The summed E-state index contributed by atoms with van der Waals surface area (Å²) in [7, 11) is 0. The van der Waals surface area contributed by atoms with Gasteiger partial charge in [0.15, 0.2) is 11.5 Å². The third-order valence-electron chi connectivity index (χ3n) is 4.32. The molecule has 1 saturated heterocycles. The number of hydrogen-bond donors (Lipinski definition) is 2. The number of nitrogens with two attached hydrogens (primary N) is 1. The van der Waals surface area contributed by atoms with Gasteiger partial charge in [0.25, 0.3) is 0 Å². The highest BCUT2D eigenvalue weighted by atomic mass is 16.6. The average Bonchev–Trinajstić information content (AvgIpc) is 2.68. The van der Waals surface area contributed by atoms with Crippen LogP contribution in [0.1, 0.15) is 26.5 Å². The average molecular weight is 395 g/mol. The second kappa shape index (κ2) is 8.22. The Hall–Kier alpha value is -3.54. The van der Waals surface area contributed by atoms with Crippen molar-refractivity contribution in [2.24, 2.45) is 0 Å². The summed E-state index contributed by atoms with van der Waals surface area (Å²) >= 11 is 0. The van der Waals surface area contributed by atoms with Crippen molar-refractivity contribution in [1.82, 2.24) is 14.9 Å². The van der Waals surface area contributed by atoms with Crippen LogP contribution in [-0.4, -0.2) is 52.7 Å². The number of anilines is 4. The van der Waals surface area contributed by atoms with E-state index in [9.17, 15) is 4.79 Å². The zero-order valence-corrected chi connectivity index (χ0v) is 16.8. The highest BCUT2D eigenvalue weighted by Gasteiger charge is 2.25. The van der Waals surface area contributed by atoms with Gasteiger partial charge in [0.1, 0.15) is 17.5 Å². The van der Waals surface area contributed by atoms with E-state index in [1.807, 2.05) is 51.1 Å². The molecule has 0 spiro atoms. The van der Waals surface area contributed by atoms with Gasteiger partial charge in [-0.2, -0.15) is 5.26 Å². The lowest BCUT2D eigenvalue weighted by atomic mass is 10.2. The molecule has 2 aromatic rings. The number of benzene rings is 1. The van der Waals surface area contributed by atoms with Crippen molar-refractivity contribution in [3.05, 3.63) is 36.2 Å². The summed E-state index contributed by atoms with van der Waals surface area (Å²) in [6, 6.07) is 9.77. The summed E-state index contributed by atoms with van der Waals surface area (Å²) in [4.78, 5) is 24.2. The predicted molar refractivity (Wildman–Crippen MR) is 111 cm³/mol. The summed E-state index contributed by atoms with van der Waals surface area (Å²) in [5, 5.41) is 12.2. The van der Waals surface area contributed by atoms with Gasteiger partial charge < -0.3 is 25.6 Å². The number of piperazine rings is 1. The zero-order valence-electron chi connectivity index (χ0n) is 16.8. The summed E-state index contributed by atoms with van der Waals surface area (Å²) in [5.74, 6) is 0.567. The molecule has 0 bridgehead atoms. The maximum absolute atomic E-state index is 12.2. The number of carbonyl (C=O) groups is 1. The summed E-state index contributed by atoms with van der Waals surface area (Å²) in [6.07, 6.45) is 1.08. The summed E-state index contributed by atoms with van der Waals surface area (Å²) in [6.45, 7) is 8.28. The molecule has 9 nitrogen and oxygen atoms in total. The maximum atomic E-state index is 12.2. The minimum atomic E-state index is -0.490. The Bertz CT molecular complexity index is 908. The number of carbonyl (C=O) groups excluding carboxylic acids is 1. The van der Waals surface area contributed by atoms with Crippen molar-refractivity contribution >= 4 is 29.1 Å². The topological polar surface area (TPSA) is 120 Å². The molecule has 0 aliphatic carbocycles. The van der Waals surface area contributed by atoms with Crippen molar-refractivity contribution < 1.29 is 9.53 Å². The third kappa shape index (κ3) is 5.25. The SMILES string of the molecule is CC(C)(C)OC(=O)N1CCN(c2ccc(Nc3nc(N)cnc3C#N)cc2)CC1. The number of ether oxygens (including phenoxy) is 1. The molecule has 1 aliphatic heterocycles. The Morgan fingerprint density at radius 3 is 2.45 bits per heavy atom. The van der Waals surface area contributed by atoms with Crippen LogP contribution in [0.3, 0.4) is 0 Å². The highest BCUT2D eigenvalue weighted by molar-refractivity contribution is 5.69. The molecule has 1 fully saturated rings. The molecule has 0 atom stereocenters. The minimum absolute atomic E-state index is 0.182. The van der Waals surface area contributed by atoms with Crippen molar-refractivity contribution in [2.45, 2.75) is 26.4 Å². The van der Waals surface area contributed by atoms with E-state index in [0.717, 1.165) is 24.5 Å². The first-order chi connectivity index (χ1) is 13.7. The monoisotopic (exact) mass is 395 g/mol. The van der Waals surface area contributed by atoms with E-state index >= 15 is 0 Å². The molecule has 1 aromatic carbocycles. The molecule has 1 aliphatic rings. The van der Waals surface area contributed by atoms with Gasteiger partial charge in [-0.05, 0) is 45.0 Å². The molecule has 0 saturated carbocycles. The van der Waals surface area contributed by atoms with Crippen LogP contribution >= 0.6 is 0 Å². The van der Waals surface area contributed by atoms with Crippen LogP contribution in [0.15, 0.2) is 30.5 Å². The van der Waals surface area contributed by atoms with Gasteiger partial charge in [0.05, 0.1) is 6.20 Å². The van der Waals surface area contributed by atoms with Gasteiger partial charge in [-0.15, -0.1) is 0 Å². The van der Waals surface area contributed by atoms with Crippen molar-refractivity contribution in [2.75, 3.05) is 42.1 Å². The number of nitrogen functional groups attached to an aromatic ring is 1. The smallest absolute Gasteiger partial charge is 0.410 e. The highest BCUT2D eigenvalue weighted by Crippen LogP contribution is 2.23. The molecule has 1 aromatic heterocycles. The molecule has 29 heavy (non-hydrogen) atoms. The van der Waals surface area contributed by atoms with Crippen molar-refractivity contribution in [1.29, 1.82) is 5.26 Å². The standard InChI is InChI=1S/C20H25N7O2/c1-20(2,3)29-19(28)27-10-8-26(9-11-27)15-6-4-14(5-7-15)24-18-16(12-21)23-13-17(22)25-18/h4-7,13H,8-11H2,1-3H3,(H3,22,24,25). The summed E-state index contributed by atoms with van der Waals surface area (Å²) in [5.41, 5.74) is 7.18. The molecule has 3 rings (SSSR count). The lowest BCUT2D eigenvalue weighted by molar-refractivity contribution is 0.0240. The molecule has 0 radical (unpaired) electrons. The van der Waals surface area contributed by atoms with Gasteiger partial charge in [-0.1, -0.05) is 0 Å². The van der Waals surface area contributed by atoms with Gasteiger partial charge in [-0.3, -0.25) is 0 Å². The van der Waals surface area contributed by atoms with E-state index in [0.29, 0.717) is 18.9 Å². The molecule has 9 heteroatoms. The first-order valence-electron chi connectivity index (χ1n) is 9.38. The number of nitrogens with one attached hydrogen (secondary N) is 1. The lowest BCUT2D eigenvalue weighted by Gasteiger charge is -2.36. The molecule has 3 N–H and O–H groups in total. The molecular weight excluding hydrogens is 370 g/mol. The molecule has 152 valence electrons. The van der Waals surface area contributed by atoms with E-state index < -0.39 is 5.60 Å². The van der Waals surface area contributed by atoms with Gasteiger partial charge in [0.2, 0.25) is 0 Å². The second-order valence-corrected chi connectivity index (χ2v) is 7.73. The number of aromatic nitrogens is 2. The van der Waals surface area contributed by atoms with Gasteiger partial charge in [0, 0.05) is 37.6 Å². The number of hydrogen-bond acceptors (Lipinski definition) is 8. The largest absolute Gasteiger partial charge is 0.444 e. The van der Waals surface area contributed by atoms with Crippen LogP contribution < -0.4 is 16.0 Å². The van der Waals surface area contributed by atoms with Crippen molar-refractivity contribution in [3.63, 3.8) is 0 Å². The van der Waals surface area contributed by atoms with E-state index in [2.05, 4.69) is 20.2 Å². The Kier molecular flexibility index (Phi) is 5.73. The third-order valence-corrected chi connectivity index (χ3v) is 4.32. The van der Waals surface area contributed by atoms with Crippen LogP contribution in [0.2, 0.25) is 0 Å². The predicted octanol–water partition coefficient (Wildman–Crippen LogP) is 2.73. The lowest BCUT2D eigenvalue weighted by Crippen LogP contribution is -2.50. The molecule has 1 amide bonds.